The Morgan fingerprint density at radius 3 is 2.26 bits per heavy atom. The molecule has 5 aliphatic rings. The Hall–Kier alpha value is -0.830. The third-order valence-electron chi connectivity index (χ3n) is 13.2. The summed E-state index contributed by atoms with van der Waals surface area (Å²) in [6.45, 7) is 17.2. The maximum absolute atomic E-state index is 13.3. The zero-order chi connectivity index (χ0) is 24.9. The van der Waals surface area contributed by atoms with Gasteiger partial charge in [0.25, 0.3) is 0 Å². The highest BCUT2D eigenvalue weighted by atomic mass is 16.5. The van der Waals surface area contributed by atoms with Gasteiger partial charge in [0.1, 0.15) is 0 Å². The molecule has 192 valence electrons. The van der Waals surface area contributed by atoms with Gasteiger partial charge in [-0.25, -0.2) is 0 Å². The van der Waals surface area contributed by atoms with Crippen molar-refractivity contribution in [3.05, 3.63) is 11.6 Å². The van der Waals surface area contributed by atoms with Gasteiger partial charge >= 0.3 is 5.97 Å². The van der Waals surface area contributed by atoms with Gasteiger partial charge in [0, 0.05) is 0 Å². The van der Waals surface area contributed by atoms with Crippen molar-refractivity contribution in [1.29, 1.82) is 0 Å². The Morgan fingerprint density at radius 2 is 1.59 bits per heavy atom. The van der Waals surface area contributed by atoms with Gasteiger partial charge in [-0.05, 0) is 109 Å². The summed E-state index contributed by atoms with van der Waals surface area (Å²) < 4.78 is 5.49. The Labute approximate surface area is 208 Å². The second-order valence-electron chi connectivity index (χ2n) is 15.2. The van der Waals surface area contributed by atoms with E-state index in [2.05, 4.69) is 54.5 Å². The second-order valence-corrected chi connectivity index (χ2v) is 15.2. The number of hydrogen-bond donors (Lipinski definition) is 1. The molecule has 0 heterocycles. The minimum atomic E-state index is -0.323. The first-order valence-electron chi connectivity index (χ1n) is 14.2. The van der Waals surface area contributed by atoms with Crippen LogP contribution in [0.1, 0.15) is 113 Å². The van der Waals surface area contributed by atoms with Crippen LogP contribution in [0.2, 0.25) is 0 Å². The molecule has 3 nitrogen and oxygen atoms in total. The van der Waals surface area contributed by atoms with E-state index in [9.17, 15) is 9.90 Å². The lowest BCUT2D eigenvalue weighted by atomic mass is 9.33. The molecule has 4 fully saturated rings. The highest BCUT2D eigenvalue weighted by Crippen LogP contribution is 2.75. The molecule has 5 rings (SSSR count). The molecular formula is C31H50O3. The van der Waals surface area contributed by atoms with Gasteiger partial charge in [0.15, 0.2) is 0 Å². The highest BCUT2D eigenvalue weighted by Gasteiger charge is 2.69. The van der Waals surface area contributed by atoms with E-state index in [1.165, 1.54) is 12.8 Å². The van der Waals surface area contributed by atoms with Crippen LogP contribution in [0.5, 0.6) is 0 Å². The van der Waals surface area contributed by atoms with Crippen LogP contribution in [-0.4, -0.2) is 24.3 Å². The third kappa shape index (κ3) is 2.94. The molecule has 8 atom stereocenters. The van der Waals surface area contributed by atoms with Crippen LogP contribution in [0.4, 0.5) is 0 Å². The van der Waals surface area contributed by atoms with E-state index in [1.807, 2.05) is 0 Å². The van der Waals surface area contributed by atoms with Gasteiger partial charge in [-0.15, -0.1) is 0 Å². The number of fused-ring (bicyclic) bond motifs is 7. The zero-order valence-electron chi connectivity index (χ0n) is 23.2. The van der Waals surface area contributed by atoms with E-state index in [0.29, 0.717) is 17.8 Å². The summed E-state index contributed by atoms with van der Waals surface area (Å²) in [5, 5.41) is 10.9. The number of hydrogen-bond acceptors (Lipinski definition) is 3. The number of ether oxygens (including phenoxy) is 1. The van der Waals surface area contributed by atoms with Crippen molar-refractivity contribution >= 4 is 5.97 Å². The van der Waals surface area contributed by atoms with E-state index < -0.39 is 0 Å². The zero-order valence-corrected chi connectivity index (χ0v) is 23.2. The van der Waals surface area contributed by atoms with Crippen molar-refractivity contribution in [1.82, 2.24) is 0 Å². The van der Waals surface area contributed by atoms with Crippen molar-refractivity contribution in [3.8, 4) is 0 Å². The average Bonchev–Trinajstić information content (AvgIpc) is 2.76. The lowest BCUT2D eigenvalue weighted by Gasteiger charge is -2.71. The van der Waals surface area contributed by atoms with Crippen LogP contribution in [0.25, 0.3) is 0 Å². The number of aliphatic hydroxyl groups is 1. The largest absolute Gasteiger partial charge is 0.469 e. The van der Waals surface area contributed by atoms with E-state index in [1.54, 1.807) is 12.7 Å². The van der Waals surface area contributed by atoms with E-state index in [0.717, 1.165) is 51.4 Å². The lowest BCUT2D eigenvalue weighted by molar-refractivity contribution is -0.206. The summed E-state index contributed by atoms with van der Waals surface area (Å²) in [7, 11) is 1.59. The number of esters is 1. The van der Waals surface area contributed by atoms with Crippen molar-refractivity contribution < 1.29 is 14.6 Å². The Bertz CT molecular complexity index is 900. The number of aliphatic hydroxyl groups excluding tert-OH is 1. The number of carbonyl (C=O) groups excluding carboxylic acids is 1. The van der Waals surface area contributed by atoms with Crippen LogP contribution >= 0.6 is 0 Å². The summed E-state index contributed by atoms with van der Waals surface area (Å²) in [6.07, 6.45) is 13.4. The van der Waals surface area contributed by atoms with Gasteiger partial charge in [-0.1, -0.05) is 60.1 Å². The van der Waals surface area contributed by atoms with Gasteiger partial charge in [-0.2, -0.15) is 0 Å². The van der Waals surface area contributed by atoms with Crippen LogP contribution in [0, 0.1) is 50.2 Å². The lowest BCUT2D eigenvalue weighted by Crippen LogP contribution is -2.65. The van der Waals surface area contributed by atoms with Gasteiger partial charge in [0.2, 0.25) is 0 Å². The first-order chi connectivity index (χ1) is 15.7. The smallest absolute Gasteiger partial charge is 0.312 e. The minimum Gasteiger partial charge on any atom is -0.469 e. The molecule has 1 N–H and O–H groups in total. The van der Waals surface area contributed by atoms with Crippen LogP contribution in [-0.2, 0) is 9.53 Å². The number of carbonyl (C=O) groups is 1. The maximum atomic E-state index is 13.3. The fourth-order valence-corrected chi connectivity index (χ4v) is 10.8. The summed E-state index contributed by atoms with van der Waals surface area (Å²) in [5.41, 5.74) is 2.18. The molecule has 0 aliphatic heterocycles. The topological polar surface area (TPSA) is 46.5 Å². The van der Waals surface area contributed by atoms with E-state index >= 15 is 0 Å². The van der Waals surface area contributed by atoms with Crippen LogP contribution < -0.4 is 0 Å². The molecule has 0 spiro atoms. The molecule has 0 amide bonds. The van der Waals surface area contributed by atoms with Gasteiger partial charge in [-0.3, -0.25) is 4.79 Å². The van der Waals surface area contributed by atoms with Crippen LogP contribution in [0.3, 0.4) is 0 Å². The summed E-state index contributed by atoms with van der Waals surface area (Å²) >= 11 is 0. The summed E-state index contributed by atoms with van der Waals surface area (Å²) in [5.74, 6) is 1.57. The Kier molecular flexibility index (Phi) is 5.38. The molecule has 4 saturated carbocycles. The maximum Gasteiger partial charge on any atom is 0.312 e. The normalized spacial score (nSPS) is 51.1. The number of allylic oxidation sites excluding steroid dienone is 2. The quantitative estimate of drug-likeness (QED) is 0.322. The molecule has 34 heavy (non-hydrogen) atoms. The Balaban J connectivity index is 1.60. The minimum absolute atomic E-state index is 0.0147. The molecule has 5 aliphatic carbocycles. The fourth-order valence-electron chi connectivity index (χ4n) is 10.8. The first kappa shape index (κ1) is 24.8. The fraction of sp³-hybridized carbons (Fsp3) is 0.903. The predicted molar refractivity (Wildman–Crippen MR) is 137 cm³/mol. The first-order valence-corrected chi connectivity index (χ1v) is 14.2. The third-order valence-corrected chi connectivity index (χ3v) is 13.2. The molecule has 0 saturated heterocycles. The van der Waals surface area contributed by atoms with Gasteiger partial charge < -0.3 is 9.84 Å². The average molecular weight is 471 g/mol. The van der Waals surface area contributed by atoms with Crippen molar-refractivity contribution in [3.63, 3.8) is 0 Å². The SMILES string of the molecule is COC(=O)[C@]12CCC(C)(C)C[C@H]1C1=CCC3[C@@]4(C)CC[C@H](O)C(C)(C)[C@@H]4CC[C@@]3(C)[C@]1(C)CC2. The predicted octanol–water partition coefficient (Wildman–Crippen LogP) is 7.32. The standard InChI is InChI=1S/C31H50O3/c1-26(2)15-17-31(25(33)34-8)18-16-29(6)20(21(31)19-26)9-10-23-28(5)13-12-24(32)27(3,4)22(28)11-14-30(23,29)7/h9,21-24,32H,10-19H2,1-8H3/t21-,22-,23?,24-,28-,29+,30+,31-/m0/s1. The van der Waals surface area contributed by atoms with Crippen molar-refractivity contribution in [2.24, 2.45) is 50.2 Å². The molecule has 3 heteroatoms. The molecule has 0 aromatic rings. The monoisotopic (exact) mass is 470 g/mol. The summed E-state index contributed by atoms with van der Waals surface area (Å²) in [4.78, 5) is 13.3. The summed E-state index contributed by atoms with van der Waals surface area (Å²) in [6, 6.07) is 0. The van der Waals surface area contributed by atoms with E-state index in [-0.39, 0.29) is 44.6 Å². The molecule has 0 radical (unpaired) electrons. The van der Waals surface area contributed by atoms with Crippen LogP contribution in [0.15, 0.2) is 11.6 Å². The number of methoxy groups -OCH3 is 1. The molecular weight excluding hydrogens is 420 g/mol. The molecule has 0 aromatic heterocycles. The molecule has 1 unspecified atom stereocenters. The number of rotatable bonds is 1. The molecule has 0 bridgehead atoms. The molecule has 0 aromatic carbocycles. The van der Waals surface area contributed by atoms with E-state index in [4.69, 9.17) is 4.74 Å². The second kappa shape index (κ2) is 7.36. The van der Waals surface area contributed by atoms with Crippen molar-refractivity contribution in [2.75, 3.05) is 7.11 Å². The highest BCUT2D eigenvalue weighted by molar-refractivity contribution is 5.78. The van der Waals surface area contributed by atoms with Crippen molar-refractivity contribution in [2.45, 2.75) is 119 Å². The Morgan fingerprint density at radius 1 is 0.912 bits per heavy atom. The van der Waals surface area contributed by atoms with Gasteiger partial charge in [0.05, 0.1) is 18.6 Å².